The predicted octanol–water partition coefficient (Wildman–Crippen LogP) is 2.27. The lowest BCUT2D eigenvalue weighted by Crippen LogP contribution is -2.45. The highest BCUT2D eigenvalue weighted by molar-refractivity contribution is 7.98. The van der Waals surface area contributed by atoms with Crippen LogP contribution in [0.15, 0.2) is 0 Å². The summed E-state index contributed by atoms with van der Waals surface area (Å²) in [5.74, 6) is 1.32. The molecule has 0 radical (unpaired) electrons. The van der Waals surface area contributed by atoms with Crippen LogP contribution in [0.2, 0.25) is 0 Å². The van der Waals surface area contributed by atoms with Crippen molar-refractivity contribution in [3.63, 3.8) is 0 Å². The second-order valence-corrected chi connectivity index (χ2v) is 6.21. The molecule has 0 saturated carbocycles. The van der Waals surface area contributed by atoms with Crippen LogP contribution in [0.1, 0.15) is 39.0 Å². The molecule has 0 aromatic rings. The summed E-state index contributed by atoms with van der Waals surface area (Å²) in [6, 6.07) is 1.14. The number of ether oxygens (including phenoxy) is 1. The molecule has 1 rings (SSSR count). The average Bonchev–Trinajstić information content (AvgIpc) is 2.39. The maximum atomic E-state index is 5.47. The van der Waals surface area contributed by atoms with Crippen LogP contribution in [0.4, 0.5) is 0 Å². The quantitative estimate of drug-likeness (QED) is 0.599. The highest BCUT2D eigenvalue weighted by atomic mass is 32.2. The minimum Gasteiger partial charge on any atom is -0.379 e. The van der Waals surface area contributed by atoms with Gasteiger partial charge in [-0.1, -0.05) is 12.8 Å². The Morgan fingerprint density at radius 2 is 2.17 bits per heavy atom. The summed E-state index contributed by atoms with van der Waals surface area (Å²) in [5.41, 5.74) is 0. The molecule has 0 amide bonds. The van der Waals surface area contributed by atoms with Gasteiger partial charge in [0.2, 0.25) is 0 Å². The Morgan fingerprint density at radius 1 is 1.33 bits per heavy atom. The van der Waals surface area contributed by atoms with Gasteiger partial charge < -0.3 is 15.4 Å². The number of unbranched alkanes of at least 4 members (excludes halogenated alkanes) is 3. The summed E-state index contributed by atoms with van der Waals surface area (Å²) in [5, 5.41) is 7.13. The zero-order chi connectivity index (χ0) is 13.1. The summed E-state index contributed by atoms with van der Waals surface area (Å²) < 4.78 is 5.47. The molecule has 0 aliphatic carbocycles. The van der Waals surface area contributed by atoms with Crippen LogP contribution in [0.5, 0.6) is 0 Å². The van der Waals surface area contributed by atoms with Crippen molar-refractivity contribution in [2.24, 2.45) is 0 Å². The van der Waals surface area contributed by atoms with Crippen LogP contribution in [-0.4, -0.2) is 50.4 Å². The number of thioether (sulfide) groups is 1. The van der Waals surface area contributed by atoms with E-state index in [0.717, 1.165) is 26.3 Å². The van der Waals surface area contributed by atoms with Crippen molar-refractivity contribution in [1.82, 2.24) is 10.6 Å². The van der Waals surface area contributed by atoms with Gasteiger partial charge in [-0.05, 0) is 44.7 Å². The Balaban J connectivity index is 1.88. The molecular weight excluding hydrogens is 244 g/mol. The second kappa shape index (κ2) is 11.1. The molecule has 0 aromatic carbocycles. The third kappa shape index (κ3) is 8.35. The average molecular weight is 274 g/mol. The SMILES string of the molecule is CSCCCCCCNC(C)CC1COCCN1. The zero-order valence-electron chi connectivity index (χ0n) is 12.0. The molecule has 1 aliphatic rings. The van der Waals surface area contributed by atoms with E-state index < -0.39 is 0 Å². The second-order valence-electron chi connectivity index (χ2n) is 5.22. The molecule has 3 nitrogen and oxygen atoms in total. The molecule has 0 bridgehead atoms. The normalized spacial score (nSPS) is 22.0. The fraction of sp³-hybridized carbons (Fsp3) is 1.00. The number of hydrogen-bond acceptors (Lipinski definition) is 4. The van der Waals surface area contributed by atoms with E-state index in [9.17, 15) is 0 Å². The van der Waals surface area contributed by atoms with E-state index in [1.54, 1.807) is 0 Å². The van der Waals surface area contributed by atoms with Gasteiger partial charge in [0.15, 0.2) is 0 Å². The maximum absolute atomic E-state index is 5.47. The van der Waals surface area contributed by atoms with Gasteiger partial charge in [0.05, 0.1) is 13.2 Å². The molecule has 1 saturated heterocycles. The van der Waals surface area contributed by atoms with Crippen molar-refractivity contribution in [2.75, 3.05) is 38.3 Å². The molecule has 0 spiro atoms. The van der Waals surface area contributed by atoms with Gasteiger partial charge in [-0.3, -0.25) is 0 Å². The van der Waals surface area contributed by atoms with Gasteiger partial charge in [0, 0.05) is 18.6 Å². The highest BCUT2D eigenvalue weighted by Crippen LogP contribution is 2.05. The van der Waals surface area contributed by atoms with Gasteiger partial charge in [-0.15, -0.1) is 0 Å². The lowest BCUT2D eigenvalue weighted by atomic mass is 10.1. The first-order valence-electron chi connectivity index (χ1n) is 7.36. The molecule has 2 atom stereocenters. The molecular formula is C14H30N2OS. The lowest BCUT2D eigenvalue weighted by Gasteiger charge is -2.26. The topological polar surface area (TPSA) is 33.3 Å². The monoisotopic (exact) mass is 274 g/mol. The molecule has 1 fully saturated rings. The third-order valence-electron chi connectivity index (χ3n) is 3.40. The minimum absolute atomic E-state index is 0.544. The van der Waals surface area contributed by atoms with Crippen LogP contribution in [0.25, 0.3) is 0 Å². The number of rotatable bonds is 10. The molecule has 0 aromatic heterocycles. The molecule has 2 unspecified atom stereocenters. The zero-order valence-corrected chi connectivity index (χ0v) is 12.9. The van der Waals surface area contributed by atoms with Crippen LogP contribution in [0.3, 0.4) is 0 Å². The van der Waals surface area contributed by atoms with E-state index in [-0.39, 0.29) is 0 Å². The van der Waals surface area contributed by atoms with Gasteiger partial charge in [0.25, 0.3) is 0 Å². The number of morpholine rings is 1. The summed E-state index contributed by atoms with van der Waals surface area (Å²) in [7, 11) is 0. The Bertz CT molecular complexity index is 187. The van der Waals surface area contributed by atoms with Gasteiger partial charge in [0.1, 0.15) is 0 Å². The first-order chi connectivity index (χ1) is 8.83. The van der Waals surface area contributed by atoms with Crippen molar-refractivity contribution in [1.29, 1.82) is 0 Å². The fourth-order valence-electron chi connectivity index (χ4n) is 2.35. The summed E-state index contributed by atoms with van der Waals surface area (Å²) >= 11 is 1.96. The molecule has 4 heteroatoms. The molecule has 108 valence electrons. The van der Waals surface area contributed by atoms with E-state index >= 15 is 0 Å². The lowest BCUT2D eigenvalue weighted by molar-refractivity contribution is 0.0712. The Hall–Kier alpha value is 0.230. The van der Waals surface area contributed by atoms with Crippen LogP contribution >= 0.6 is 11.8 Å². The molecule has 2 N–H and O–H groups in total. The molecule has 18 heavy (non-hydrogen) atoms. The van der Waals surface area contributed by atoms with E-state index in [4.69, 9.17) is 4.74 Å². The Labute approximate surface area is 117 Å². The number of nitrogens with one attached hydrogen (secondary N) is 2. The van der Waals surface area contributed by atoms with Gasteiger partial charge in [-0.25, -0.2) is 0 Å². The van der Waals surface area contributed by atoms with Crippen LogP contribution < -0.4 is 10.6 Å². The van der Waals surface area contributed by atoms with Crippen molar-refractivity contribution in [3.05, 3.63) is 0 Å². The van der Waals surface area contributed by atoms with Gasteiger partial charge in [-0.2, -0.15) is 11.8 Å². The van der Waals surface area contributed by atoms with Crippen LogP contribution in [0, 0.1) is 0 Å². The summed E-state index contributed by atoms with van der Waals surface area (Å²) in [6.45, 7) is 6.19. The van der Waals surface area contributed by atoms with E-state index in [1.807, 2.05) is 11.8 Å². The molecule has 1 heterocycles. The van der Waals surface area contributed by atoms with Crippen molar-refractivity contribution < 1.29 is 4.74 Å². The van der Waals surface area contributed by atoms with Crippen molar-refractivity contribution in [2.45, 2.75) is 51.1 Å². The predicted molar refractivity (Wildman–Crippen MR) is 81.5 cm³/mol. The van der Waals surface area contributed by atoms with Gasteiger partial charge >= 0.3 is 0 Å². The van der Waals surface area contributed by atoms with Crippen molar-refractivity contribution >= 4 is 11.8 Å². The number of hydrogen-bond donors (Lipinski definition) is 2. The van der Waals surface area contributed by atoms with Crippen molar-refractivity contribution in [3.8, 4) is 0 Å². The first kappa shape index (κ1) is 16.3. The Kier molecular flexibility index (Phi) is 10.0. The standard InChI is InChI=1S/C14H30N2OS/c1-13(11-14-12-17-9-8-16-14)15-7-5-3-4-6-10-18-2/h13-16H,3-12H2,1-2H3. The van der Waals surface area contributed by atoms with E-state index in [1.165, 1.54) is 37.9 Å². The Morgan fingerprint density at radius 3 is 2.89 bits per heavy atom. The van der Waals surface area contributed by atoms with E-state index in [2.05, 4.69) is 23.8 Å². The minimum atomic E-state index is 0.544. The largest absolute Gasteiger partial charge is 0.379 e. The molecule has 1 aliphatic heterocycles. The summed E-state index contributed by atoms with van der Waals surface area (Å²) in [4.78, 5) is 0. The third-order valence-corrected chi connectivity index (χ3v) is 4.10. The fourth-order valence-corrected chi connectivity index (χ4v) is 2.85. The maximum Gasteiger partial charge on any atom is 0.0620 e. The van der Waals surface area contributed by atoms with E-state index in [0.29, 0.717) is 12.1 Å². The highest BCUT2D eigenvalue weighted by Gasteiger charge is 2.15. The summed E-state index contributed by atoms with van der Waals surface area (Å²) in [6.07, 6.45) is 8.80. The van der Waals surface area contributed by atoms with Crippen LogP contribution in [-0.2, 0) is 4.74 Å². The smallest absolute Gasteiger partial charge is 0.0620 e. The first-order valence-corrected chi connectivity index (χ1v) is 8.75.